The summed E-state index contributed by atoms with van der Waals surface area (Å²) in [5.74, 6) is 2.04. The van der Waals surface area contributed by atoms with Crippen molar-refractivity contribution in [2.45, 2.75) is 43.4 Å². The highest BCUT2D eigenvalue weighted by atomic mass is 32.2. The molecule has 1 N–H and O–H groups in total. The monoisotopic (exact) mass is 510 g/mol. The average molecular weight is 511 g/mol. The zero-order valence-electron chi connectivity index (χ0n) is 20.0. The Bertz CT molecular complexity index is 936. The maximum absolute atomic E-state index is 12.9. The Hall–Kier alpha value is -2.14. The van der Waals surface area contributed by atoms with Crippen molar-refractivity contribution in [2.75, 3.05) is 57.0 Å². The molecule has 11 heteroatoms. The normalized spacial score (nSPS) is 26.9. The number of benzene rings is 1. The van der Waals surface area contributed by atoms with Crippen molar-refractivity contribution in [3.63, 3.8) is 0 Å². The van der Waals surface area contributed by atoms with Crippen LogP contribution in [0.5, 0.6) is 0 Å². The molecule has 0 saturated carbocycles. The van der Waals surface area contributed by atoms with Gasteiger partial charge in [-0.05, 0) is 68.2 Å². The molecule has 4 heterocycles. The number of fused-ring (bicyclic) bond motifs is 1. The first-order valence-corrected chi connectivity index (χ1v) is 13.5. The number of amidine groups is 1. The van der Waals surface area contributed by atoms with E-state index in [1.807, 2.05) is 16.8 Å². The van der Waals surface area contributed by atoms with Crippen molar-refractivity contribution >= 4 is 29.2 Å². The molecule has 1 aromatic carbocycles. The van der Waals surface area contributed by atoms with E-state index in [9.17, 15) is 18.0 Å². The van der Waals surface area contributed by atoms with Crippen LogP contribution < -0.4 is 10.3 Å². The second-order valence-electron chi connectivity index (χ2n) is 9.87. The molecule has 7 nitrogen and oxygen atoms in total. The minimum atomic E-state index is -4.30. The van der Waals surface area contributed by atoms with E-state index in [0.717, 1.165) is 76.4 Å². The van der Waals surface area contributed by atoms with Gasteiger partial charge in [0.2, 0.25) is 5.84 Å². The number of nitrogens with one attached hydrogen (secondary N) is 1. The molecular weight excluding hydrogens is 477 g/mol. The Kier molecular flexibility index (Phi) is 7.07. The third-order valence-corrected chi connectivity index (χ3v) is 8.86. The molecule has 0 aliphatic carbocycles. The van der Waals surface area contributed by atoms with E-state index in [1.54, 1.807) is 23.9 Å². The lowest BCUT2D eigenvalue weighted by atomic mass is 10.0. The van der Waals surface area contributed by atoms with Gasteiger partial charge in [-0.2, -0.15) is 18.3 Å². The quantitative estimate of drug-likeness (QED) is 0.569. The molecule has 1 aromatic rings. The Balaban J connectivity index is 1.05. The standard InChI is InChI=1S/C24H33F3N6OS/c1-30-21(22(34)32-11-2-3-12-32)28-29-23(30)35-14-4-10-31-15-17-9-13-33(20(17)16-31)19-7-5-18(6-8-19)24(25,26)27/h5-8,17,20,23,29H,2-4,9-16H2,1H3. The molecule has 35 heavy (non-hydrogen) atoms. The van der Waals surface area contributed by atoms with E-state index in [4.69, 9.17) is 0 Å². The summed E-state index contributed by atoms with van der Waals surface area (Å²) in [5.41, 5.74) is 3.37. The molecule has 192 valence electrons. The van der Waals surface area contributed by atoms with Crippen LogP contribution in [-0.4, -0.2) is 90.1 Å². The van der Waals surface area contributed by atoms with Gasteiger partial charge in [0, 0.05) is 51.5 Å². The van der Waals surface area contributed by atoms with Gasteiger partial charge in [-0.25, -0.2) is 0 Å². The van der Waals surface area contributed by atoms with Crippen molar-refractivity contribution in [3.05, 3.63) is 29.8 Å². The van der Waals surface area contributed by atoms with Crippen LogP contribution in [0.15, 0.2) is 29.4 Å². The van der Waals surface area contributed by atoms with E-state index in [0.29, 0.717) is 17.8 Å². The number of likely N-dealkylation sites (N-methyl/N-ethyl adjacent to an activating group) is 1. The molecule has 4 aliphatic heterocycles. The van der Waals surface area contributed by atoms with Crippen LogP contribution in [0.3, 0.4) is 0 Å². The van der Waals surface area contributed by atoms with Crippen LogP contribution in [0, 0.1) is 5.92 Å². The summed E-state index contributed by atoms with van der Waals surface area (Å²) in [6.45, 7) is 5.54. The van der Waals surface area contributed by atoms with Crippen LogP contribution >= 0.6 is 11.8 Å². The molecule has 3 unspecified atom stereocenters. The highest BCUT2D eigenvalue weighted by molar-refractivity contribution is 7.99. The van der Waals surface area contributed by atoms with Crippen LogP contribution in [0.25, 0.3) is 0 Å². The van der Waals surface area contributed by atoms with Gasteiger partial charge >= 0.3 is 6.18 Å². The molecule has 0 spiro atoms. The van der Waals surface area contributed by atoms with Crippen LogP contribution in [-0.2, 0) is 11.0 Å². The smallest absolute Gasteiger partial charge is 0.367 e. The number of rotatable bonds is 7. The molecule has 0 bridgehead atoms. The summed E-state index contributed by atoms with van der Waals surface area (Å²) in [5, 5.41) is 4.30. The Labute approximate surface area is 208 Å². The summed E-state index contributed by atoms with van der Waals surface area (Å²) in [6, 6.07) is 5.97. The van der Waals surface area contributed by atoms with Crippen LogP contribution in [0.2, 0.25) is 0 Å². The second-order valence-corrected chi connectivity index (χ2v) is 11.1. The van der Waals surface area contributed by atoms with Gasteiger partial charge in [0.25, 0.3) is 5.91 Å². The summed E-state index contributed by atoms with van der Waals surface area (Å²) < 4.78 is 38.7. The molecule has 0 radical (unpaired) electrons. The van der Waals surface area contributed by atoms with E-state index in [-0.39, 0.29) is 11.4 Å². The number of alkyl halides is 3. The molecule has 5 rings (SSSR count). The zero-order valence-corrected chi connectivity index (χ0v) is 20.8. The summed E-state index contributed by atoms with van der Waals surface area (Å²) in [6.07, 6.45) is -0.0534. The number of carbonyl (C=O) groups excluding carboxylic acids is 1. The fourth-order valence-electron chi connectivity index (χ4n) is 5.68. The van der Waals surface area contributed by atoms with Crippen molar-refractivity contribution in [2.24, 2.45) is 11.0 Å². The van der Waals surface area contributed by atoms with E-state index in [1.165, 1.54) is 12.1 Å². The first-order valence-electron chi connectivity index (χ1n) is 12.4. The lowest BCUT2D eigenvalue weighted by Crippen LogP contribution is -2.43. The number of likely N-dealkylation sites (tertiary alicyclic amines) is 2. The first-order chi connectivity index (χ1) is 16.8. The van der Waals surface area contributed by atoms with E-state index >= 15 is 0 Å². The van der Waals surface area contributed by atoms with E-state index in [2.05, 4.69) is 20.3 Å². The number of thioether (sulfide) groups is 1. The molecule has 3 saturated heterocycles. The predicted molar refractivity (Wildman–Crippen MR) is 132 cm³/mol. The highest BCUT2D eigenvalue weighted by Crippen LogP contribution is 2.37. The summed E-state index contributed by atoms with van der Waals surface area (Å²) in [4.78, 5) is 21.2. The van der Waals surface area contributed by atoms with Gasteiger partial charge in [-0.15, -0.1) is 11.8 Å². The number of carbonyl (C=O) groups is 1. The third-order valence-electron chi connectivity index (χ3n) is 7.60. The zero-order chi connectivity index (χ0) is 24.6. The van der Waals surface area contributed by atoms with Gasteiger partial charge in [0.1, 0.15) is 0 Å². The SMILES string of the molecule is CN1C(C(=O)N2CCCC2)=NNC1SCCCN1CC2CCN(c3ccc(C(F)(F)F)cc3)C2C1. The average Bonchev–Trinajstić information content (AvgIpc) is 3.61. The molecule has 0 aromatic heterocycles. The molecule has 3 atom stereocenters. The minimum Gasteiger partial charge on any atom is -0.367 e. The number of nitrogens with zero attached hydrogens (tertiary/aromatic N) is 5. The number of hydrogen-bond acceptors (Lipinski definition) is 7. The van der Waals surface area contributed by atoms with Gasteiger partial charge < -0.3 is 19.6 Å². The molecular formula is C24H33F3N6OS. The number of anilines is 1. The van der Waals surface area contributed by atoms with Crippen molar-refractivity contribution in [3.8, 4) is 0 Å². The van der Waals surface area contributed by atoms with Gasteiger partial charge in [-0.1, -0.05) is 0 Å². The minimum absolute atomic E-state index is 0.0156. The topological polar surface area (TPSA) is 54.4 Å². The molecule has 4 aliphatic rings. The van der Waals surface area contributed by atoms with Gasteiger partial charge in [0.05, 0.1) is 5.56 Å². The largest absolute Gasteiger partial charge is 0.416 e. The molecule has 3 fully saturated rings. The maximum Gasteiger partial charge on any atom is 0.416 e. The van der Waals surface area contributed by atoms with Gasteiger partial charge in [0.15, 0.2) is 5.50 Å². The fourth-order valence-corrected chi connectivity index (χ4v) is 6.65. The predicted octanol–water partition coefficient (Wildman–Crippen LogP) is 3.09. The highest BCUT2D eigenvalue weighted by Gasteiger charge is 2.41. The third kappa shape index (κ3) is 5.21. The Morgan fingerprint density at radius 1 is 1.14 bits per heavy atom. The van der Waals surface area contributed by atoms with Gasteiger partial charge in [-0.3, -0.25) is 10.2 Å². The summed E-state index contributed by atoms with van der Waals surface area (Å²) in [7, 11) is 1.92. The Morgan fingerprint density at radius 2 is 1.89 bits per heavy atom. The van der Waals surface area contributed by atoms with Crippen LogP contribution in [0.1, 0.15) is 31.2 Å². The first kappa shape index (κ1) is 24.5. The number of hydrazone groups is 1. The fraction of sp³-hybridized carbons (Fsp3) is 0.667. The lowest BCUT2D eigenvalue weighted by Gasteiger charge is -2.27. The Morgan fingerprint density at radius 3 is 2.60 bits per heavy atom. The van der Waals surface area contributed by atoms with Crippen molar-refractivity contribution in [1.82, 2.24) is 20.1 Å². The maximum atomic E-state index is 12.9. The number of halogens is 3. The number of hydrogen-bond donors (Lipinski definition) is 1. The van der Waals surface area contributed by atoms with E-state index < -0.39 is 11.7 Å². The van der Waals surface area contributed by atoms with Crippen molar-refractivity contribution < 1.29 is 18.0 Å². The van der Waals surface area contributed by atoms with Crippen molar-refractivity contribution in [1.29, 1.82) is 0 Å². The lowest BCUT2D eigenvalue weighted by molar-refractivity contribution is -0.137. The second kappa shape index (κ2) is 10.1. The molecule has 1 amide bonds. The van der Waals surface area contributed by atoms with Crippen LogP contribution in [0.4, 0.5) is 18.9 Å². The number of amides is 1. The summed E-state index contributed by atoms with van der Waals surface area (Å²) >= 11 is 1.76.